The van der Waals surface area contributed by atoms with Gasteiger partial charge in [0, 0.05) is 17.9 Å². The number of alkyl halides is 3. The summed E-state index contributed by atoms with van der Waals surface area (Å²) < 4.78 is 38.1. The van der Waals surface area contributed by atoms with Gasteiger partial charge in [0.1, 0.15) is 11.4 Å². The number of imidazole rings is 1. The van der Waals surface area contributed by atoms with Crippen molar-refractivity contribution in [3.63, 3.8) is 0 Å². The first-order chi connectivity index (χ1) is 11.3. The SMILES string of the molecule is O=C(NCc1ncc[nH]1)c1cc2ccc(C(F)(F)F)cc2[nH]c1=O. The van der Waals surface area contributed by atoms with Gasteiger partial charge in [0.25, 0.3) is 11.5 Å². The standard InChI is InChI=1S/C15H11F3N4O2/c16-15(17,18)9-2-1-8-5-10(14(24)22-11(8)6-9)13(23)21-7-12-19-3-4-20-12/h1-6H,7H2,(H,19,20)(H,21,23)(H,22,24). The fourth-order valence-electron chi connectivity index (χ4n) is 2.20. The van der Waals surface area contributed by atoms with E-state index in [0.717, 1.165) is 12.1 Å². The molecule has 0 fully saturated rings. The molecule has 3 N–H and O–H groups in total. The minimum absolute atomic E-state index is 0.0115. The summed E-state index contributed by atoms with van der Waals surface area (Å²) in [6.45, 7) is 0.0936. The molecule has 0 spiro atoms. The number of nitrogens with one attached hydrogen (secondary N) is 3. The third kappa shape index (κ3) is 3.14. The van der Waals surface area contributed by atoms with Gasteiger partial charge in [-0.1, -0.05) is 6.07 Å². The van der Waals surface area contributed by atoms with Crippen LogP contribution in [0, 0.1) is 0 Å². The maximum atomic E-state index is 12.7. The molecule has 1 aromatic carbocycles. The highest BCUT2D eigenvalue weighted by Crippen LogP contribution is 2.30. The number of aromatic amines is 2. The first kappa shape index (κ1) is 15.8. The van der Waals surface area contributed by atoms with E-state index in [-0.39, 0.29) is 17.6 Å². The molecule has 3 rings (SSSR count). The van der Waals surface area contributed by atoms with Crippen LogP contribution in [0.4, 0.5) is 13.2 Å². The summed E-state index contributed by atoms with van der Waals surface area (Å²) in [5.74, 6) is -0.134. The number of hydrogen-bond acceptors (Lipinski definition) is 3. The Labute approximate surface area is 132 Å². The van der Waals surface area contributed by atoms with Gasteiger partial charge < -0.3 is 15.3 Å². The van der Waals surface area contributed by atoms with Crippen LogP contribution >= 0.6 is 0 Å². The van der Waals surface area contributed by atoms with Crippen molar-refractivity contribution in [2.24, 2.45) is 0 Å². The first-order valence-corrected chi connectivity index (χ1v) is 6.85. The van der Waals surface area contributed by atoms with Crippen LogP contribution in [0.15, 0.2) is 41.5 Å². The summed E-state index contributed by atoms with van der Waals surface area (Å²) in [6, 6.07) is 4.19. The van der Waals surface area contributed by atoms with E-state index in [9.17, 15) is 22.8 Å². The highest BCUT2D eigenvalue weighted by atomic mass is 19.4. The molecule has 6 nitrogen and oxygen atoms in total. The number of aromatic nitrogens is 3. The molecule has 0 atom stereocenters. The van der Waals surface area contributed by atoms with Crippen molar-refractivity contribution in [3.05, 3.63) is 64.0 Å². The Morgan fingerprint density at radius 1 is 1.25 bits per heavy atom. The second kappa shape index (κ2) is 5.84. The van der Waals surface area contributed by atoms with Crippen molar-refractivity contribution in [1.29, 1.82) is 0 Å². The minimum atomic E-state index is -4.51. The van der Waals surface area contributed by atoms with E-state index in [1.54, 1.807) is 6.20 Å². The summed E-state index contributed by atoms with van der Waals surface area (Å²) in [5.41, 5.74) is -1.81. The smallest absolute Gasteiger partial charge is 0.347 e. The number of halogens is 3. The predicted molar refractivity (Wildman–Crippen MR) is 79.3 cm³/mol. The summed E-state index contributed by atoms with van der Waals surface area (Å²) in [6.07, 6.45) is -1.41. The molecule has 0 saturated carbocycles. The number of hydrogen-bond donors (Lipinski definition) is 3. The van der Waals surface area contributed by atoms with Gasteiger partial charge in [-0.3, -0.25) is 9.59 Å². The predicted octanol–water partition coefficient (Wildman–Crippen LogP) is 2.20. The largest absolute Gasteiger partial charge is 0.416 e. The van der Waals surface area contributed by atoms with Crippen LogP contribution < -0.4 is 10.9 Å². The molecule has 0 unspecified atom stereocenters. The number of H-pyrrole nitrogens is 2. The number of rotatable bonds is 3. The molecule has 0 bridgehead atoms. The van der Waals surface area contributed by atoms with E-state index in [1.807, 2.05) is 0 Å². The lowest BCUT2D eigenvalue weighted by atomic mass is 10.1. The number of fused-ring (bicyclic) bond motifs is 1. The minimum Gasteiger partial charge on any atom is -0.347 e. The average Bonchev–Trinajstić information content (AvgIpc) is 3.04. The van der Waals surface area contributed by atoms with Gasteiger partial charge in [0.15, 0.2) is 0 Å². The second-order valence-corrected chi connectivity index (χ2v) is 5.03. The molecule has 0 aliphatic heterocycles. The van der Waals surface area contributed by atoms with Gasteiger partial charge in [0.05, 0.1) is 12.1 Å². The Bertz CT molecular complexity index is 945. The maximum Gasteiger partial charge on any atom is 0.416 e. The molecule has 2 aromatic heterocycles. The molecular formula is C15H11F3N4O2. The number of carbonyl (C=O) groups excluding carboxylic acids is 1. The lowest BCUT2D eigenvalue weighted by Crippen LogP contribution is -2.29. The summed E-state index contributed by atoms with van der Waals surface area (Å²) in [7, 11) is 0. The Balaban J connectivity index is 1.90. The molecule has 9 heteroatoms. The summed E-state index contributed by atoms with van der Waals surface area (Å²) in [4.78, 5) is 33.1. The number of benzene rings is 1. The summed E-state index contributed by atoms with van der Waals surface area (Å²) in [5, 5.41) is 2.83. The number of pyridine rings is 1. The van der Waals surface area contributed by atoms with Crippen LogP contribution in [0.2, 0.25) is 0 Å². The zero-order valence-electron chi connectivity index (χ0n) is 12.1. The lowest BCUT2D eigenvalue weighted by molar-refractivity contribution is -0.137. The quantitative estimate of drug-likeness (QED) is 0.685. The van der Waals surface area contributed by atoms with Gasteiger partial charge in [-0.05, 0) is 23.6 Å². The van der Waals surface area contributed by atoms with Gasteiger partial charge in [-0.15, -0.1) is 0 Å². The van der Waals surface area contributed by atoms with Crippen LogP contribution in [-0.4, -0.2) is 20.9 Å². The van der Waals surface area contributed by atoms with E-state index >= 15 is 0 Å². The van der Waals surface area contributed by atoms with E-state index in [1.165, 1.54) is 18.3 Å². The molecule has 124 valence electrons. The first-order valence-electron chi connectivity index (χ1n) is 6.85. The monoisotopic (exact) mass is 336 g/mol. The second-order valence-electron chi connectivity index (χ2n) is 5.03. The Morgan fingerprint density at radius 2 is 2.04 bits per heavy atom. The van der Waals surface area contributed by atoms with Gasteiger partial charge >= 0.3 is 6.18 Å². The highest BCUT2D eigenvalue weighted by molar-refractivity contribution is 5.97. The highest BCUT2D eigenvalue weighted by Gasteiger charge is 2.30. The van der Waals surface area contributed by atoms with Crippen molar-refractivity contribution >= 4 is 16.8 Å². The van der Waals surface area contributed by atoms with Crippen molar-refractivity contribution in [3.8, 4) is 0 Å². The van der Waals surface area contributed by atoms with Gasteiger partial charge in [-0.2, -0.15) is 13.2 Å². The van der Waals surface area contributed by atoms with Crippen LogP contribution in [-0.2, 0) is 12.7 Å². The van der Waals surface area contributed by atoms with E-state index in [0.29, 0.717) is 11.2 Å². The number of nitrogens with zero attached hydrogens (tertiary/aromatic N) is 1. The maximum absolute atomic E-state index is 12.7. The molecule has 0 radical (unpaired) electrons. The lowest BCUT2D eigenvalue weighted by Gasteiger charge is -2.08. The van der Waals surface area contributed by atoms with Crippen molar-refractivity contribution in [2.75, 3.05) is 0 Å². The molecular weight excluding hydrogens is 325 g/mol. The van der Waals surface area contributed by atoms with Crippen molar-refractivity contribution in [2.45, 2.75) is 12.7 Å². The van der Waals surface area contributed by atoms with Crippen LogP contribution in [0.3, 0.4) is 0 Å². The molecule has 24 heavy (non-hydrogen) atoms. The van der Waals surface area contributed by atoms with Gasteiger partial charge in [0.2, 0.25) is 0 Å². The molecule has 2 heterocycles. The fourth-order valence-corrected chi connectivity index (χ4v) is 2.20. The van der Waals surface area contributed by atoms with Crippen molar-refractivity contribution in [1.82, 2.24) is 20.3 Å². The number of carbonyl (C=O) groups is 1. The zero-order valence-corrected chi connectivity index (χ0v) is 12.1. The summed E-state index contributed by atoms with van der Waals surface area (Å²) >= 11 is 0. The van der Waals surface area contributed by atoms with Crippen molar-refractivity contribution < 1.29 is 18.0 Å². The van der Waals surface area contributed by atoms with Gasteiger partial charge in [-0.25, -0.2) is 4.98 Å². The Morgan fingerprint density at radius 3 is 2.71 bits per heavy atom. The third-order valence-corrected chi connectivity index (χ3v) is 3.39. The third-order valence-electron chi connectivity index (χ3n) is 3.39. The van der Waals surface area contributed by atoms with E-state index in [4.69, 9.17) is 0 Å². The normalized spacial score (nSPS) is 11.6. The molecule has 1 amide bonds. The topological polar surface area (TPSA) is 90.6 Å². The number of amides is 1. The van der Waals surface area contributed by atoms with Crippen LogP contribution in [0.5, 0.6) is 0 Å². The zero-order chi connectivity index (χ0) is 17.3. The van der Waals surface area contributed by atoms with E-state index < -0.39 is 23.2 Å². The van der Waals surface area contributed by atoms with E-state index in [2.05, 4.69) is 20.3 Å². The van der Waals surface area contributed by atoms with Crippen LogP contribution in [0.25, 0.3) is 10.9 Å². The van der Waals surface area contributed by atoms with Crippen LogP contribution in [0.1, 0.15) is 21.7 Å². The molecule has 3 aromatic rings. The Hall–Kier alpha value is -3.10. The average molecular weight is 336 g/mol. The molecule has 0 aliphatic carbocycles. The molecule has 0 saturated heterocycles. The Kier molecular flexibility index (Phi) is 3.84. The molecule has 0 aliphatic rings. The fraction of sp³-hybridized carbons (Fsp3) is 0.133.